The van der Waals surface area contributed by atoms with E-state index in [0.717, 1.165) is 6.42 Å². The predicted molar refractivity (Wildman–Crippen MR) is 104 cm³/mol. The number of esters is 1. The van der Waals surface area contributed by atoms with E-state index in [1.807, 2.05) is 0 Å². The van der Waals surface area contributed by atoms with E-state index in [4.69, 9.17) is 15.2 Å². The Kier molecular flexibility index (Phi) is 11.0. The van der Waals surface area contributed by atoms with Gasteiger partial charge in [0.15, 0.2) is 0 Å². The molecule has 0 aromatic rings. The van der Waals surface area contributed by atoms with Crippen molar-refractivity contribution in [1.82, 2.24) is 10.6 Å². The van der Waals surface area contributed by atoms with E-state index in [2.05, 4.69) is 10.6 Å². The first-order valence-electron chi connectivity index (χ1n) is 9.53. The van der Waals surface area contributed by atoms with Crippen LogP contribution in [0, 0.1) is 0 Å². The molecule has 0 spiro atoms. The Hall–Kier alpha value is -1.83. The smallest absolute Gasteiger partial charge is 0.408 e. The molecule has 0 aromatic carbocycles. The van der Waals surface area contributed by atoms with E-state index < -0.39 is 23.3 Å². The van der Waals surface area contributed by atoms with Gasteiger partial charge in [0.25, 0.3) is 0 Å². The van der Waals surface area contributed by atoms with Crippen molar-refractivity contribution in [3.8, 4) is 0 Å². The molecule has 8 heteroatoms. The zero-order valence-electron chi connectivity index (χ0n) is 17.6. The van der Waals surface area contributed by atoms with E-state index in [9.17, 15) is 14.4 Å². The van der Waals surface area contributed by atoms with Gasteiger partial charge in [0.05, 0.1) is 0 Å². The number of rotatable bonds is 10. The molecule has 0 bridgehead atoms. The van der Waals surface area contributed by atoms with Crippen LogP contribution >= 0.6 is 0 Å². The fraction of sp³-hybridized carbons (Fsp3) is 0.842. The van der Waals surface area contributed by atoms with Gasteiger partial charge in [0.2, 0.25) is 5.91 Å². The van der Waals surface area contributed by atoms with Crippen molar-refractivity contribution in [3.63, 3.8) is 0 Å². The van der Waals surface area contributed by atoms with Crippen LogP contribution in [0.5, 0.6) is 0 Å². The van der Waals surface area contributed by atoms with Crippen LogP contribution in [0.3, 0.4) is 0 Å². The van der Waals surface area contributed by atoms with E-state index in [-0.39, 0.29) is 18.3 Å². The van der Waals surface area contributed by atoms with Crippen molar-refractivity contribution in [2.75, 3.05) is 13.1 Å². The van der Waals surface area contributed by atoms with E-state index in [0.29, 0.717) is 32.4 Å². The molecule has 0 saturated heterocycles. The van der Waals surface area contributed by atoms with Gasteiger partial charge in [-0.15, -0.1) is 0 Å². The van der Waals surface area contributed by atoms with Gasteiger partial charge in [-0.2, -0.15) is 0 Å². The number of ether oxygens (including phenoxy) is 2. The highest BCUT2D eigenvalue weighted by Crippen LogP contribution is 2.10. The summed E-state index contributed by atoms with van der Waals surface area (Å²) >= 11 is 0. The van der Waals surface area contributed by atoms with Gasteiger partial charge in [0.1, 0.15) is 17.2 Å². The van der Waals surface area contributed by atoms with E-state index >= 15 is 0 Å². The maximum atomic E-state index is 12.4. The Bertz CT molecular complexity index is 481. The zero-order valence-corrected chi connectivity index (χ0v) is 17.6. The lowest BCUT2D eigenvalue weighted by Crippen LogP contribution is -2.48. The third-order valence-electron chi connectivity index (χ3n) is 3.23. The Balaban J connectivity index is 4.45. The quantitative estimate of drug-likeness (QED) is 0.391. The molecule has 0 fully saturated rings. The normalized spacial score (nSPS) is 12.9. The van der Waals surface area contributed by atoms with Crippen LogP contribution in [0.15, 0.2) is 0 Å². The first kappa shape index (κ1) is 25.2. The standard InChI is InChI=1S/C19H37N3O5/c1-18(2,3)26-15(23)11-9-13-21-16(24)14(10-7-8-12-20)22-17(25)27-19(4,5)6/h14H,7-13,20H2,1-6H3,(H,21,24)(H,22,25)/t14-/m0/s1. The molecule has 4 N–H and O–H groups in total. The van der Waals surface area contributed by atoms with Crippen molar-refractivity contribution >= 4 is 18.0 Å². The van der Waals surface area contributed by atoms with Gasteiger partial charge in [-0.05, 0) is 73.8 Å². The molecule has 0 aliphatic rings. The summed E-state index contributed by atoms with van der Waals surface area (Å²) in [6, 6.07) is -0.701. The number of carbonyl (C=O) groups excluding carboxylic acids is 3. The first-order chi connectivity index (χ1) is 12.3. The molecule has 0 unspecified atom stereocenters. The minimum absolute atomic E-state index is 0.217. The van der Waals surface area contributed by atoms with Gasteiger partial charge in [-0.25, -0.2) is 4.79 Å². The summed E-state index contributed by atoms with van der Waals surface area (Å²) in [7, 11) is 0. The van der Waals surface area contributed by atoms with Gasteiger partial charge in [0, 0.05) is 13.0 Å². The molecule has 2 amide bonds. The van der Waals surface area contributed by atoms with Crippen LogP contribution in [-0.2, 0) is 19.1 Å². The average Bonchev–Trinajstić information content (AvgIpc) is 2.47. The van der Waals surface area contributed by atoms with Gasteiger partial charge in [-0.3, -0.25) is 9.59 Å². The molecule has 0 radical (unpaired) electrons. The molecule has 0 heterocycles. The van der Waals surface area contributed by atoms with Crippen LogP contribution < -0.4 is 16.4 Å². The van der Waals surface area contributed by atoms with Gasteiger partial charge >= 0.3 is 12.1 Å². The van der Waals surface area contributed by atoms with Crippen molar-refractivity contribution in [3.05, 3.63) is 0 Å². The van der Waals surface area contributed by atoms with Crippen molar-refractivity contribution in [2.24, 2.45) is 5.73 Å². The Morgan fingerprint density at radius 2 is 1.52 bits per heavy atom. The van der Waals surface area contributed by atoms with Crippen molar-refractivity contribution < 1.29 is 23.9 Å². The summed E-state index contributed by atoms with van der Waals surface area (Å²) in [6.07, 6.45) is 1.98. The van der Waals surface area contributed by atoms with Crippen molar-refractivity contribution in [2.45, 2.75) is 90.9 Å². The van der Waals surface area contributed by atoms with Gasteiger partial charge in [-0.1, -0.05) is 0 Å². The second-order valence-electron chi connectivity index (χ2n) is 8.46. The third-order valence-corrected chi connectivity index (χ3v) is 3.23. The molecule has 158 valence electrons. The van der Waals surface area contributed by atoms with Crippen LogP contribution in [0.4, 0.5) is 4.79 Å². The molecule has 8 nitrogen and oxygen atoms in total. The highest BCUT2D eigenvalue weighted by Gasteiger charge is 2.24. The Morgan fingerprint density at radius 3 is 2.04 bits per heavy atom. The summed E-state index contributed by atoms with van der Waals surface area (Å²) in [5, 5.41) is 5.36. The molecule has 27 heavy (non-hydrogen) atoms. The second-order valence-corrected chi connectivity index (χ2v) is 8.46. The minimum atomic E-state index is -0.701. The zero-order chi connectivity index (χ0) is 21.1. The van der Waals surface area contributed by atoms with Crippen LogP contribution in [-0.4, -0.2) is 48.3 Å². The summed E-state index contributed by atoms with van der Waals surface area (Å²) < 4.78 is 10.4. The van der Waals surface area contributed by atoms with Gasteiger partial charge < -0.3 is 25.8 Å². The molecule has 0 aliphatic heterocycles. The van der Waals surface area contributed by atoms with Crippen LogP contribution in [0.25, 0.3) is 0 Å². The second kappa shape index (κ2) is 11.8. The minimum Gasteiger partial charge on any atom is -0.460 e. The number of alkyl carbamates (subject to hydrolysis) is 1. The average molecular weight is 388 g/mol. The van der Waals surface area contributed by atoms with E-state index in [1.54, 1.807) is 41.5 Å². The molecule has 0 rings (SSSR count). The van der Waals surface area contributed by atoms with Crippen LogP contribution in [0.2, 0.25) is 0 Å². The number of nitrogens with one attached hydrogen (secondary N) is 2. The maximum absolute atomic E-state index is 12.4. The lowest BCUT2D eigenvalue weighted by molar-refractivity contribution is -0.155. The lowest BCUT2D eigenvalue weighted by atomic mass is 10.1. The number of carbonyl (C=O) groups is 3. The summed E-state index contributed by atoms with van der Waals surface area (Å²) in [5.74, 6) is -0.606. The van der Waals surface area contributed by atoms with Crippen LogP contribution in [0.1, 0.15) is 73.6 Å². The first-order valence-corrected chi connectivity index (χ1v) is 9.53. The predicted octanol–water partition coefficient (Wildman–Crippen LogP) is 2.25. The monoisotopic (exact) mass is 387 g/mol. The fourth-order valence-corrected chi connectivity index (χ4v) is 2.17. The SMILES string of the molecule is CC(C)(C)OC(=O)CCCNC(=O)[C@H](CCCCN)NC(=O)OC(C)(C)C. The molecular weight excluding hydrogens is 350 g/mol. The van der Waals surface area contributed by atoms with Crippen molar-refractivity contribution in [1.29, 1.82) is 0 Å². The Labute approximate surface area is 162 Å². The number of hydrogen-bond acceptors (Lipinski definition) is 6. The highest BCUT2D eigenvalue weighted by molar-refractivity contribution is 5.85. The number of amides is 2. The molecule has 0 saturated carbocycles. The maximum Gasteiger partial charge on any atom is 0.408 e. The Morgan fingerprint density at radius 1 is 0.926 bits per heavy atom. The number of unbranched alkanes of at least 4 members (excludes halogenated alkanes) is 1. The largest absolute Gasteiger partial charge is 0.460 e. The summed E-state index contributed by atoms with van der Waals surface area (Å²) in [4.78, 5) is 36.0. The molecule has 0 aromatic heterocycles. The fourth-order valence-electron chi connectivity index (χ4n) is 2.17. The molecule has 0 aliphatic carbocycles. The topological polar surface area (TPSA) is 120 Å². The summed E-state index contributed by atoms with van der Waals surface area (Å²) in [6.45, 7) is 11.5. The molecule has 1 atom stereocenters. The third kappa shape index (κ3) is 15.0. The summed E-state index contributed by atoms with van der Waals surface area (Å²) in [5.41, 5.74) is 4.32. The molecular formula is C19H37N3O5. The van der Waals surface area contributed by atoms with E-state index in [1.165, 1.54) is 0 Å². The lowest BCUT2D eigenvalue weighted by Gasteiger charge is -2.23. The highest BCUT2D eigenvalue weighted by atomic mass is 16.6. The number of nitrogens with two attached hydrogens (primary N) is 1. The number of hydrogen-bond donors (Lipinski definition) is 3.